The summed E-state index contributed by atoms with van der Waals surface area (Å²) >= 11 is 1.72. The molecule has 6 rings (SSSR count). The van der Waals surface area contributed by atoms with Crippen LogP contribution in [0.2, 0.25) is 0 Å². The third-order valence-electron chi connectivity index (χ3n) is 7.71. The lowest BCUT2D eigenvalue weighted by Crippen LogP contribution is -2.54. The van der Waals surface area contributed by atoms with E-state index >= 15 is 0 Å². The number of carbonyl (C=O) groups excluding carboxylic acids is 1. The van der Waals surface area contributed by atoms with Crippen LogP contribution in [-0.4, -0.2) is 33.5 Å². The summed E-state index contributed by atoms with van der Waals surface area (Å²) in [6, 6.07) is 0. The maximum Gasteiger partial charge on any atom is 0.268 e. The second-order valence-electron chi connectivity index (χ2n) is 11.7. The molecule has 30 heavy (non-hydrogen) atoms. The number of hydrogen-bond donors (Lipinski definition) is 1. The molecule has 1 aromatic heterocycles. The average molecular weight is 434 g/mol. The van der Waals surface area contributed by atoms with E-state index in [1.54, 1.807) is 11.8 Å². The van der Waals surface area contributed by atoms with Crippen LogP contribution in [0.25, 0.3) is 0 Å². The van der Waals surface area contributed by atoms with E-state index < -0.39 is 5.60 Å². The molecule has 0 saturated heterocycles. The number of ketones is 1. The standard InChI is InChI=1S/C24H35NO4S/c1-23(2,3)13-28-22-21(30-17-5-4-6-17)20(29-25-22)19(26)9-18-15-7-14-8-16(18)12-24(27,10-14)11-15/h14-18,27H,4-13H2,1-3H3. The molecule has 6 heteroatoms. The largest absolute Gasteiger partial charge is 0.474 e. The Balaban J connectivity index is 1.33. The number of aliphatic hydroxyl groups is 1. The quantitative estimate of drug-likeness (QED) is 0.572. The van der Waals surface area contributed by atoms with E-state index in [1.165, 1.54) is 32.1 Å². The first-order chi connectivity index (χ1) is 14.2. The van der Waals surface area contributed by atoms with Gasteiger partial charge in [-0.05, 0) is 79.2 Å². The lowest BCUT2D eigenvalue weighted by Gasteiger charge is -2.58. The minimum Gasteiger partial charge on any atom is -0.474 e. The molecule has 0 amide bonds. The first kappa shape index (κ1) is 20.9. The van der Waals surface area contributed by atoms with E-state index in [2.05, 4.69) is 25.9 Å². The Bertz CT molecular complexity index is 793. The van der Waals surface area contributed by atoms with Crippen molar-refractivity contribution in [1.29, 1.82) is 0 Å². The van der Waals surface area contributed by atoms with E-state index in [9.17, 15) is 9.90 Å². The Morgan fingerprint density at radius 1 is 1.23 bits per heavy atom. The van der Waals surface area contributed by atoms with Crippen LogP contribution < -0.4 is 4.74 Å². The van der Waals surface area contributed by atoms with Crippen LogP contribution >= 0.6 is 11.8 Å². The SMILES string of the molecule is CC(C)(C)COc1noc(C(=O)CC2C3CC4CC2CC(O)(C4)C3)c1SC1CCC1. The van der Waals surface area contributed by atoms with Gasteiger partial charge in [0.25, 0.3) is 5.88 Å². The van der Waals surface area contributed by atoms with E-state index in [0.29, 0.717) is 53.6 Å². The number of thioether (sulfide) groups is 1. The van der Waals surface area contributed by atoms with E-state index in [1.807, 2.05) is 0 Å². The molecule has 0 spiro atoms. The highest BCUT2D eigenvalue weighted by atomic mass is 32.2. The predicted octanol–water partition coefficient (Wildman–Crippen LogP) is 5.50. The third-order valence-corrected chi connectivity index (χ3v) is 9.11. The van der Waals surface area contributed by atoms with Gasteiger partial charge in [0.05, 0.1) is 12.2 Å². The molecule has 1 heterocycles. The number of ether oxygens (including phenoxy) is 1. The van der Waals surface area contributed by atoms with Gasteiger partial charge < -0.3 is 14.4 Å². The fraction of sp³-hybridized carbons (Fsp3) is 0.833. The van der Waals surface area contributed by atoms with Gasteiger partial charge >= 0.3 is 0 Å². The molecule has 0 aliphatic heterocycles. The summed E-state index contributed by atoms with van der Waals surface area (Å²) in [5.74, 6) is 2.96. The summed E-state index contributed by atoms with van der Waals surface area (Å²) in [7, 11) is 0. The van der Waals surface area contributed by atoms with E-state index in [0.717, 1.165) is 24.2 Å². The second kappa shape index (κ2) is 7.54. The van der Waals surface area contributed by atoms with Crippen molar-refractivity contribution in [3.8, 4) is 5.88 Å². The van der Waals surface area contributed by atoms with Gasteiger partial charge in [0.1, 0.15) is 4.90 Å². The molecule has 4 bridgehead atoms. The van der Waals surface area contributed by atoms with Crippen LogP contribution in [0, 0.1) is 29.1 Å². The Kier molecular flexibility index (Phi) is 5.25. The Hall–Kier alpha value is -1.01. The molecule has 5 nitrogen and oxygen atoms in total. The maximum atomic E-state index is 13.4. The number of carbonyl (C=O) groups is 1. The zero-order chi connectivity index (χ0) is 21.1. The molecule has 5 saturated carbocycles. The van der Waals surface area contributed by atoms with Gasteiger partial charge in [-0.3, -0.25) is 4.79 Å². The number of hydrogen-bond acceptors (Lipinski definition) is 6. The first-order valence-electron chi connectivity index (χ1n) is 11.7. The molecule has 5 fully saturated rings. The summed E-state index contributed by atoms with van der Waals surface area (Å²) < 4.78 is 11.6. The fourth-order valence-corrected chi connectivity index (χ4v) is 7.66. The Morgan fingerprint density at radius 2 is 1.93 bits per heavy atom. The highest BCUT2D eigenvalue weighted by molar-refractivity contribution is 8.00. The molecule has 0 aromatic carbocycles. The Labute approximate surface area is 183 Å². The topological polar surface area (TPSA) is 72.6 Å². The van der Waals surface area contributed by atoms with Crippen LogP contribution in [0.5, 0.6) is 5.88 Å². The van der Waals surface area contributed by atoms with Crippen molar-refractivity contribution in [2.45, 2.75) is 94.3 Å². The molecule has 1 N–H and O–H groups in total. The minimum absolute atomic E-state index is 0.0160. The predicted molar refractivity (Wildman–Crippen MR) is 116 cm³/mol. The zero-order valence-corrected chi connectivity index (χ0v) is 19.3. The van der Waals surface area contributed by atoms with Gasteiger partial charge in [0.15, 0.2) is 0 Å². The van der Waals surface area contributed by atoms with Crippen LogP contribution in [0.15, 0.2) is 9.42 Å². The van der Waals surface area contributed by atoms with Crippen LogP contribution in [-0.2, 0) is 0 Å². The summed E-state index contributed by atoms with van der Waals surface area (Å²) in [5, 5.41) is 15.5. The first-order valence-corrected chi connectivity index (χ1v) is 12.6. The highest BCUT2D eigenvalue weighted by Gasteiger charge is 2.55. The molecule has 166 valence electrons. The second-order valence-corrected chi connectivity index (χ2v) is 13.0. The Morgan fingerprint density at radius 3 is 2.50 bits per heavy atom. The molecule has 2 unspecified atom stereocenters. The van der Waals surface area contributed by atoms with Crippen molar-refractivity contribution in [3.63, 3.8) is 0 Å². The van der Waals surface area contributed by atoms with Gasteiger partial charge in [0.2, 0.25) is 11.5 Å². The van der Waals surface area contributed by atoms with Crippen molar-refractivity contribution in [2.75, 3.05) is 6.61 Å². The van der Waals surface area contributed by atoms with Gasteiger partial charge in [-0.1, -0.05) is 27.2 Å². The van der Waals surface area contributed by atoms with Gasteiger partial charge in [-0.15, -0.1) is 11.8 Å². The van der Waals surface area contributed by atoms with Crippen LogP contribution in [0.1, 0.15) is 89.1 Å². The minimum atomic E-state index is -0.457. The smallest absolute Gasteiger partial charge is 0.268 e. The van der Waals surface area contributed by atoms with Gasteiger partial charge in [-0.25, -0.2) is 0 Å². The fourth-order valence-electron chi connectivity index (χ4n) is 6.31. The van der Waals surface area contributed by atoms with Crippen LogP contribution in [0.3, 0.4) is 0 Å². The highest BCUT2D eigenvalue weighted by Crippen LogP contribution is 2.59. The lowest BCUT2D eigenvalue weighted by molar-refractivity contribution is -0.151. The summed E-state index contributed by atoms with van der Waals surface area (Å²) in [4.78, 5) is 14.2. The van der Waals surface area contributed by atoms with Crippen LogP contribution in [0.4, 0.5) is 0 Å². The number of aromatic nitrogens is 1. The molecule has 0 radical (unpaired) electrons. The maximum absolute atomic E-state index is 13.4. The molecular weight excluding hydrogens is 398 g/mol. The van der Waals surface area contributed by atoms with Crippen molar-refractivity contribution in [2.24, 2.45) is 29.1 Å². The monoisotopic (exact) mass is 433 g/mol. The van der Waals surface area contributed by atoms with Crippen molar-refractivity contribution in [3.05, 3.63) is 5.76 Å². The third kappa shape index (κ3) is 4.06. The zero-order valence-electron chi connectivity index (χ0n) is 18.5. The van der Waals surface area contributed by atoms with Crippen molar-refractivity contribution in [1.82, 2.24) is 5.16 Å². The summed E-state index contributed by atoms with van der Waals surface area (Å²) in [5.41, 5.74) is -0.441. The normalized spacial score (nSPS) is 35.5. The van der Waals surface area contributed by atoms with Gasteiger partial charge in [-0.2, -0.15) is 0 Å². The van der Waals surface area contributed by atoms with Crippen molar-refractivity contribution >= 4 is 17.5 Å². The summed E-state index contributed by atoms with van der Waals surface area (Å²) in [6.45, 7) is 6.91. The molecular formula is C24H35NO4S. The number of nitrogens with zero attached hydrogens (tertiary/aromatic N) is 1. The average Bonchev–Trinajstić information content (AvgIpc) is 3.00. The molecule has 5 aliphatic carbocycles. The van der Waals surface area contributed by atoms with E-state index in [4.69, 9.17) is 9.26 Å². The number of Topliss-reactive ketones (excluding diaryl/α,β-unsaturated/α-hetero) is 1. The summed E-state index contributed by atoms with van der Waals surface area (Å²) in [6.07, 6.45) is 9.19. The van der Waals surface area contributed by atoms with Crippen molar-refractivity contribution < 1.29 is 19.2 Å². The molecule has 1 aromatic rings. The van der Waals surface area contributed by atoms with E-state index in [-0.39, 0.29) is 11.2 Å². The molecule has 2 atom stereocenters. The van der Waals surface area contributed by atoms with Gasteiger partial charge in [0, 0.05) is 11.7 Å². The lowest BCUT2D eigenvalue weighted by atomic mass is 9.49. The number of rotatable bonds is 7. The molecule has 5 aliphatic rings.